The summed E-state index contributed by atoms with van der Waals surface area (Å²) in [5.41, 5.74) is 2.24. The van der Waals surface area contributed by atoms with E-state index in [1.165, 1.54) is 12.7 Å². The van der Waals surface area contributed by atoms with E-state index in [-0.39, 0.29) is 5.97 Å². The van der Waals surface area contributed by atoms with Gasteiger partial charge in [-0.15, -0.1) is 0 Å². The van der Waals surface area contributed by atoms with Crippen molar-refractivity contribution in [1.82, 2.24) is 15.1 Å². The van der Waals surface area contributed by atoms with Crippen LogP contribution in [-0.4, -0.2) is 29.4 Å². The number of methoxy groups -OCH3 is 1. The normalized spacial score (nSPS) is 10.4. The van der Waals surface area contributed by atoms with E-state index in [0.29, 0.717) is 6.42 Å². The van der Waals surface area contributed by atoms with Crippen LogP contribution in [0.25, 0.3) is 0 Å². The van der Waals surface area contributed by atoms with Crippen molar-refractivity contribution in [2.75, 3.05) is 13.7 Å². The molecule has 1 aromatic heterocycles. The van der Waals surface area contributed by atoms with E-state index in [2.05, 4.69) is 15.2 Å². The molecule has 1 aromatic rings. The third-order valence-corrected chi connectivity index (χ3v) is 2.39. The molecular weight excluding hydrogens is 206 g/mol. The van der Waals surface area contributed by atoms with Gasteiger partial charge in [0, 0.05) is 31.8 Å². The zero-order valence-corrected chi connectivity index (χ0v) is 10.1. The molecule has 0 bridgehead atoms. The van der Waals surface area contributed by atoms with Crippen LogP contribution >= 0.6 is 0 Å². The van der Waals surface area contributed by atoms with Gasteiger partial charge < -0.3 is 10.1 Å². The quantitative estimate of drug-likeness (QED) is 0.574. The Morgan fingerprint density at radius 1 is 1.62 bits per heavy atom. The van der Waals surface area contributed by atoms with E-state index < -0.39 is 0 Å². The topological polar surface area (TPSA) is 56.1 Å². The van der Waals surface area contributed by atoms with Crippen molar-refractivity contribution in [3.8, 4) is 0 Å². The Balaban J connectivity index is 2.16. The van der Waals surface area contributed by atoms with Crippen molar-refractivity contribution >= 4 is 5.97 Å². The van der Waals surface area contributed by atoms with Gasteiger partial charge in [-0.2, -0.15) is 5.10 Å². The van der Waals surface area contributed by atoms with E-state index in [1.807, 2.05) is 20.2 Å². The largest absolute Gasteiger partial charge is 0.469 e. The van der Waals surface area contributed by atoms with Gasteiger partial charge in [0.25, 0.3) is 0 Å². The van der Waals surface area contributed by atoms with Gasteiger partial charge in [0.05, 0.1) is 12.8 Å². The minimum Gasteiger partial charge on any atom is -0.469 e. The van der Waals surface area contributed by atoms with Crippen LogP contribution in [0.2, 0.25) is 0 Å². The van der Waals surface area contributed by atoms with Gasteiger partial charge in [-0.05, 0) is 19.9 Å². The van der Waals surface area contributed by atoms with Gasteiger partial charge in [-0.3, -0.25) is 9.48 Å². The lowest BCUT2D eigenvalue weighted by Crippen LogP contribution is -2.16. The molecule has 0 radical (unpaired) electrons. The van der Waals surface area contributed by atoms with Gasteiger partial charge in [0.1, 0.15) is 0 Å². The second-order valence-electron chi connectivity index (χ2n) is 3.77. The SMILES string of the molecule is COC(=O)CCCNCc1cn(C)nc1C. The zero-order chi connectivity index (χ0) is 12.0. The van der Waals surface area contributed by atoms with Crippen LogP contribution in [0.15, 0.2) is 6.20 Å². The smallest absolute Gasteiger partial charge is 0.305 e. The van der Waals surface area contributed by atoms with E-state index in [0.717, 1.165) is 25.2 Å². The average molecular weight is 225 g/mol. The van der Waals surface area contributed by atoms with E-state index in [1.54, 1.807) is 4.68 Å². The van der Waals surface area contributed by atoms with Crippen LogP contribution in [-0.2, 0) is 23.1 Å². The van der Waals surface area contributed by atoms with Crippen molar-refractivity contribution in [3.05, 3.63) is 17.5 Å². The Hall–Kier alpha value is -1.36. The number of nitrogens with zero attached hydrogens (tertiary/aromatic N) is 2. The third-order valence-electron chi connectivity index (χ3n) is 2.39. The fraction of sp³-hybridized carbons (Fsp3) is 0.636. The fourth-order valence-electron chi connectivity index (χ4n) is 1.51. The maximum absolute atomic E-state index is 10.8. The molecule has 0 fully saturated rings. The number of nitrogens with one attached hydrogen (secondary N) is 1. The van der Waals surface area contributed by atoms with Gasteiger partial charge >= 0.3 is 5.97 Å². The second kappa shape index (κ2) is 6.27. The van der Waals surface area contributed by atoms with Crippen molar-refractivity contribution < 1.29 is 9.53 Å². The molecule has 1 rings (SSSR count). The molecule has 0 unspecified atom stereocenters. The van der Waals surface area contributed by atoms with Gasteiger partial charge in [-0.1, -0.05) is 0 Å². The number of rotatable bonds is 6. The van der Waals surface area contributed by atoms with E-state index in [4.69, 9.17) is 0 Å². The number of carbonyl (C=O) groups is 1. The maximum Gasteiger partial charge on any atom is 0.305 e. The molecule has 5 nitrogen and oxygen atoms in total. The molecule has 0 aliphatic heterocycles. The number of carbonyl (C=O) groups excluding carboxylic acids is 1. The highest BCUT2D eigenvalue weighted by atomic mass is 16.5. The van der Waals surface area contributed by atoms with Crippen molar-refractivity contribution in [3.63, 3.8) is 0 Å². The molecule has 0 saturated heterocycles. The van der Waals surface area contributed by atoms with Crippen molar-refractivity contribution in [2.24, 2.45) is 7.05 Å². The minimum atomic E-state index is -0.153. The van der Waals surface area contributed by atoms with Crippen LogP contribution < -0.4 is 5.32 Å². The number of esters is 1. The zero-order valence-electron chi connectivity index (χ0n) is 10.1. The maximum atomic E-state index is 10.8. The highest BCUT2D eigenvalue weighted by Gasteiger charge is 2.02. The summed E-state index contributed by atoms with van der Waals surface area (Å²) in [6.07, 6.45) is 3.27. The molecule has 0 spiro atoms. The molecule has 0 amide bonds. The number of hydrogen-bond donors (Lipinski definition) is 1. The molecule has 0 aliphatic rings. The molecule has 0 aliphatic carbocycles. The first-order valence-corrected chi connectivity index (χ1v) is 5.40. The number of ether oxygens (including phenoxy) is 1. The highest BCUT2D eigenvalue weighted by Crippen LogP contribution is 2.03. The molecule has 16 heavy (non-hydrogen) atoms. The Morgan fingerprint density at radius 3 is 2.94 bits per heavy atom. The van der Waals surface area contributed by atoms with Gasteiger partial charge in [0.2, 0.25) is 0 Å². The summed E-state index contributed by atoms with van der Waals surface area (Å²) in [5, 5.41) is 7.53. The van der Waals surface area contributed by atoms with Crippen LogP contribution in [0.4, 0.5) is 0 Å². The summed E-state index contributed by atoms with van der Waals surface area (Å²) < 4.78 is 6.36. The predicted octanol–water partition coefficient (Wildman–Crippen LogP) is 0.771. The molecule has 90 valence electrons. The number of aromatic nitrogens is 2. The summed E-state index contributed by atoms with van der Waals surface area (Å²) in [7, 11) is 3.32. The first-order chi connectivity index (χ1) is 7.63. The Kier molecular flexibility index (Phi) is 4.98. The van der Waals surface area contributed by atoms with Crippen LogP contribution in [0, 0.1) is 6.92 Å². The van der Waals surface area contributed by atoms with Crippen LogP contribution in [0.3, 0.4) is 0 Å². The lowest BCUT2D eigenvalue weighted by molar-refractivity contribution is -0.140. The molecule has 5 heteroatoms. The summed E-state index contributed by atoms with van der Waals surface area (Å²) in [6, 6.07) is 0. The van der Waals surface area contributed by atoms with Gasteiger partial charge in [0.15, 0.2) is 0 Å². The third kappa shape index (κ3) is 4.02. The van der Waals surface area contributed by atoms with Crippen molar-refractivity contribution in [2.45, 2.75) is 26.3 Å². The molecule has 1 N–H and O–H groups in total. The van der Waals surface area contributed by atoms with Crippen LogP contribution in [0.1, 0.15) is 24.1 Å². The molecule has 0 saturated carbocycles. The first-order valence-electron chi connectivity index (χ1n) is 5.40. The van der Waals surface area contributed by atoms with Crippen molar-refractivity contribution in [1.29, 1.82) is 0 Å². The van der Waals surface area contributed by atoms with Crippen LogP contribution in [0.5, 0.6) is 0 Å². The molecule has 1 heterocycles. The molecular formula is C11H19N3O2. The Morgan fingerprint density at radius 2 is 2.38 bits per heavy atom. The predicted molar refractivity (Wildman–Crippen MR) is 60.9 cm³/mol. The van der Waals surface area contributed by atoms with Gasteiger partial charge in [-0.25, -0.2) is 0 Å². The summed E-state index contributed by atoms with van der Waals surface area (Å²) in [4.78, 5) is 10.8. The Bertz CT molecular complexity index is 347. The summed E-state index contributed by atoms with van der Waals surface area (Å²) in [5.74, 6) is -0.153. The fourth-order valence-corrected chi connectivity index (χ4v) is 1.51. The molecule has 0 aromatic carbocycles. The average Bonchev–Trinajstić information content (AvgIpc) is 2.56. The highest BCUT2D eigenvalue weighted by molar-refractivity contribution is 5.69. The summed E-state index contributed by atoms with van der Waals surface area (Å²) >= 11 is 0. The standard InChI is InChI=1S/C11H19N3O2/c1-9-10(8-14(2)13-9)7-12-6-4-5-11(15)16-3/h8,12H,4-7H2,1-3H3. The van der Waals surface area contributed by atoms with E-state index >= 15 is 0 Å². The lowest BCUT2D eigenvalue weighted by atomic mass is 10.2. The minimum absolute atomic E-state index is 0.153. The molecule has 0 atom stereocenters. The summed E-state index contributed by atoms with van der Waals surface area (Å²) in [6.45, 7) is 3.59. The first kappa shape index (κ1) is 12.7. The second-order valence-corrected chi connectivity index (χ2v) is 3.77. The monoisotopic (exact) mass is 225 g/mol. The lowest BCUT2D eigenvalue weighted by Gasteiger charge is -2.02. The Labute approximate surface area is 95.8 Å². The number of aryl methyl sites for hydroxylation is 2. The number of hydrogen-bond acceptors (Lipinski definition) is 4. The van der Waals surface area contributed by atoms with E-state index in [9.17, 15) is 4.79 Å².